The fourth-order valence-electron chi connectivity index (χ4n) is 1.65. The first-order chi connectivity index (χ1) is 10.6. The van der Waals surface area contributed by atoms with Gasteiger partial charge in [0, 0.05) is 39.9 Å². The molecule has 0 rings (SSSR count). The predicted octanol–water partition coefficient (Wildman–Crippen LogP) is 3.97. The zero-order valence-corrected chi connectivity index (χ0v) is 20.0. The van der Waals surface area contributed by atoms with Crippen LogP contribution in [0.15, 0.2) is 0 Å². The van der Waals surface area contributed by atoms with E-state index in [0.717, 1.165) is 18.2 Å². The maximum absolute atomic E-state index is 5.48. The van der Waals surface area contributed by atoms with Crippen molar-refractivity contribution in [2.24, 2.45) is 0 Å². The van der Waals surface area contributed by atoms with Crippen LogP contribution in [0.5, 0.6) is 0 Å². The van der Waals surface area contributed by atoms with E-state index >= 15 is 0 Å². The van der Waals surface area contributed by atoms with Crippen molar-refractivity contribution in [3.8, 4) is 0 Å². The number of ether oxygens (including phenoxy) is 2. The number of rotatable bonds is 16. The van der Waals surface area contributed by atoms with Crippen LogP contribution in [0.2, 0.25) is 18.6 Å². The first-order valence-electron chi connectivity index (χ1n) is 7.35. The van der Waals surface area contributed by atoms with Crippen LogP contribution < -0.4 is 0 Å². The fourth-order valence-corrected chi connectivity index (χ4v) is 11.2. The molecular formula is C12H30O4S4Si2. The van der Waals surface area contributed by atoms with Crippen molar-refractivity contribution in [2.75, 3.05) is 39.9 Å². The van der Waals surface area contributed by atoms with Gasteiger partial charge in [0.25, 0.3) is 0 Å². The predicted molar refractivity (Wildman–Crippen MR) is 111 cm³/mol. The Labute approximate surface area is 154 Å². The molecule has 22 heavy (non-hydrogen) atoms. The molecule has 0 radical (unpaired) electrons. The minimum absolute atomic E-state index is 0.0935. The van der Waals surface area contributed by atoms with Crippen LogP contribution in [0, 0.1) is 0 Å². The molecule has 0 unspecified atom stereocenters. The molecule has 0 atom stereocenters. The summed E-state index contributed by atoms with van der Waals surface area (Å²) in [6.45, 7) is 2.12. The third kappa shape index (κ3) is 13.0. The highest BCUT2D eigenvalue weighted by Crippen LogP contribution is 2.43. The Morgan fingerprint density at radius 1 is 0.909 bits per heavy atom. The van der Waals surface area contributed by atoms with Crippen molar-refractivity contribution >= 4 is 59.3 Å². The monoisotopic (exact) mass is 422 g/mol. The van der Waals surface area contributed by atoms with Gasteiger partial charge in [-0.2, -0.15) is 0 Å². The summed E-state index contributed by atoms with van der Waals surface area (Å²) in [5.41, 5.74) is 0. The lowest BCUT2D eigenvalue weighted by molar-refractivity contribution is -0.0441. The molecule has 0 aliphatic rings. The highest BCUT2D eigenvalue weighted by molar-refractivity contribution is 9.26. The summed E-state index contributed by atoms with van der Waals surface area (Å²) < 4.78 is 21.4. The summed E-state index contributed by atoms with van der Waals surface area (Å²) in [6, 6.07) is 2.35. The second-order valence-corrected chi connectivity index (χ2v) is 16.6. The van der Waals surface area contributed by atoms with E-state index in [1.54, 1.807) is 28.4 Å². The van der Waals surface area contributed by atoms with E-state index in [1.165, 1.54) is 18.2 Å². The van der Waals surface area contributed by atoms with Gasteiger partial charge in [-0.15, -0.1) is 0 Å². The maximum Gasteiger partial charge on any atom is 0.334 e. The van der Waals surface area contributed by atoms with Gasteiger partial charge in [0.15, 0.2) is 0 Å². The molecule has 0 aromatic rings. The van der Waals surface area contributed by atoms with E-state index in [0.29, 0.717) is 0 Å². The van der Waals surface area contributed by atoms with Gasteiger partial charge < -0.3 is 18.3 Å². The molecule has 134 valence electrons. The molecule has 0 spiro atoms. The third-order valence-electron chi connectivity index (χ3n) is 3.29. The van der Waals surface area contributed by atoms with Crippen LogP contribution >= 0.6 is 41.2 Å². The number of hydrogen-bond donors (Lipinski definition) is 0. The van der Waals surface area contributed by atoms with Crippen LogP contribution in [-0.2, 0) is 18.3 Å². The Balaban J connectivity index is 3.27. The summed E-state index contributed by atoms with van der Waals surface area (Å²) in [6.07, 6.45) is 2.43. The van der Waals surface area contributed by atoms with Crippen molar-refractivity contribution in [2.45, 2.75) is 37.4 Å². The highest BCUT2D eigenvalue weighted by atomic mass is 33.7. The van der Waals surface area contributed by atoms with Crippen molar-refractivity contribution in [3.63, 3.8) is 0 Å². The molecule has 0 aliphatic carbocycles. The van der Waals surface area contributed by atoms with Gasteiger partial charge in [0.1, 0.15) is 5.91 Å². The molecule has 0 aromatic carbocycles. The van der Waals surface area contributed by atoms with Gasteiger partial charge >= 0.3 is 8.56 Å². The summed E-state index contributed by atoms with van der Waals surface area (Å²) in [7, 11) is 12.5. The molecule has 10 heteroatoms. The summed E-state index contributed by atoms with van der Waals surface area (Å²) >= 11 is 0. The first-order valence-corrected chi connectivity index (χ1v) is 16.8. The maximum atomic E-state index is 5.48. The van der Waals surface area contributed by atoms with Crippen LogP contribution in [0.1, 0.15) is 12.8 Å². The van der Waals surface area contributed by atoms with Crippen molar-refractivity contribution in [1.29, 1.82) is 0 Å². The van der Waals surface area contributed by atoms with Crippen LogP contribution in [-0.4, -0.2) is 63.9 Å². The Hall–Kier alpha value is 1.67. The van der Waals surface area contributed by atoms with Crippen molar-refractivity contribution in [1.82, 2.24) is 0 Å². The average Bonchev–Trinajstić information content (AvgIpc) is 2.55. The minimum Gasteiger partial charge on any atom is -0.398 e. The summed E-state index contributed by atoms with van der Waals surface area (Å²) in [4.78, 5) is 0. The molecular weight excluding hydrogens is 393 g/mol. The first kappa shape index (κ1) is 23.7. The highest BCUT2D eigenvalue weighted by Gasteiger charge is 2.27. The lowest BCUT2D eigenvalue weighted by Crippen LogP contribution is -2.35. The standard InChI is InChI=1S/C12H30O4S4Si2/c1-13-12(14-2)21-10-6-8-17-19-20-18-9-7-11-22(5,15-3)16-4/h12H,6-11,21H2,1-5H3. The van der Waals surface area contributed by atoms with E-state index in [-0.39, 0.29) is 15.4 Å². The van der Waals surface area contributed by atoms with E-state index in [4.69, 9.17) is 18.3 Å². The quantitative estimate of drug-likeness (QED) is 0.160. The molecule has 0 saturated heterocycles. The van der Waals surface area contributed by atoms with Gasteiger partial charge in [-0.1, -0.05) is 27.6 Å². The van der Waals surface area contributed by atoms with Gasteiger partial charge in [-0.05, 0) is 45.1 Å². The Kier molecular flexibility index (Phi) is 17.4. The lowest BCUT2D eigenvalue weighted by atomic mass is 10.6. The summed E-state index contributed by atoms with van der Waals surface area (Å²) in [5, 5.41) is 0. The molecule has 0 aliphatic heterocycles. The van der Waals surface area contributed by atoms with Gasteiger partial charge in [0.2, 0.25) is 0 Å². The average molecular weight is 423 g/mol. The number of methoxy groups -OCH3 is 2. The smallest absolute Gasteiger partial charge is 0.334 e. The Morgan fingerprint density at radius 2 is 1.45 bits per heavy atom. The van der Waals surface area contributed by atoms with E-state index in [1.807, 2.05) is 41.2 Å². The normalized spacial score (nSPS) is 12.8. The number of hydrogen-bond acceptors (Lipinski definition) is 8. The van der Waals surface area contributed by atoms with E-state index in [2.05, 4.69) is 6.55 Å². The van der Waals surface area contributed by atoms with Crippen molar-refractivity contribution in [3.05, 3.63) is 0 Å². The second-order valence-electron chi connectivity index (χ2n) is 4.82. The zero-order chi connectivity index (χ0) is 16.7. The van der Waals surface area contributed by atoms with Crippen LogP contribution in [0.3, 0.4) is 0 Å². The molecule has 0 saturated carbocycles. The molecule has 0 amide bonds. The van der Waals surface area contributed by atoms with Gasteiger partial charge in [-0.3, -0.25) is 0 Å². The lowest BCUT2D eigenvalue weighted by Gasteiger charge is -2.22. The van der Waals surface area contributed by atoms with E-state index < -0.39 is 8.56 Å². The minimum atomic E-state index is -1.85. The summed E-state index contributed by atoms with van der Waals surface area (Å²) in [5.74, 6) is 2.46. The topological polar surface area (TPSA) is 36.9 Å². The molecule has 0 heterocycles. The van der Waals surface area contributed by atoms with Crippen LogP contribution in [0.25, 0.3) is 0 Å². The Bertz CT molecular complexity index is 247. The molecule has 0 bridgehead atoms. The zero-order valence-electron chi connectivity index (χ0n) is 14.3. The Morgan fingerprint density at radius 3 is 1.95 bits per heavy atom. The SMILES string of the molecule is COC(OC)[SiH2]CCCSSSSCCC[Si](C)(OC)OC. The molecule has 0 N–H and O–H groups in total. The molecule has 4 nitrogen and oxygen atoms in total. The van der Waals surface area contributed by atoms with Gasteiger partial charge in [0.05, 0.1) is 9.52 Å². The third-order valence-corrected chi connectivity index (χ3v) is 15.0. The largest absolute Gasteiger partial charge is 0.398 e. The van der Waals surface area contributed by atoms with Crippen LogP contribution in [0.4, 0.5) is 0 Å². The fraction of sp³-hybridized carbons (Fsp3) is 1.00. The van der Waals surface area contributed by atoms with E-state index in [9.17, 15) is 0 Å². The van der Waals surface area contributed by atoms with Gasteiger partial charge in [-0.25, -0.2) is 0 Å². The molecule has 0 aromatic heterocycles. The van der Waals surface area contributed by atoms with Crippen molar-refractivity contribution < 1.29 is 18.3 Å². The second kappa shape index (κ2) is 16.2. The molecule has 0 fully saturated rings.